The van der Waals surface area contributed by atoms with E-state index < -0.39 is 0 Å². The number of anilines is 1. The Morgan fingerprint density at radius 3 is 2.65 bits per heavy atom. The number of rotatable bonds is 3. The average Bonchev–Trinajstić information content (AvgIpc) is 2.48. The van der Waals surface area contributed by atoms with Crippen LogP contribution in [0.15, 0.2) is 48.5 Å². The van der Waals surface area contributed by atoms with Crippen molar-refractivity contribution in [3.63, 3.8) is 0 Å². The van der Waals surface area contributed by atoms with Crippen LogP contribution in [0.5, 0.6) is 0 Å². The molecule has 1 aliphatic heterocycles. The molecule has 0 radical (unpaired) electrons. The van der Waals surface area contributed by atoms with Crippen LogP contribution >= 0.6 is 0 Å². The average molecular weight is 270 g/mol. The molecule has 0 amide bonds. The molecule has 1 aliphatic rings. The van der Waals surface area contributed by atoms with E-state index in [-0.39, 0.29) is 11.9 Å². The Bertz CT molecular complexity index is 580. The van der Waals surface area contributed by atoms with Crippen molar-refractivity contribution in [2.75, 3.05) is 18.0 Å². The summed E-state index contributed by atoms with van der Waals surface area (Å²) in [6.07, 6.45) is 2.30. The molecule has 1 heterocycles. The predicted molar refractivity (Wildman–Crippen MR) is 80.3 cm³/mol. The summed E-state index contributed by atoms with van der Waals surface area (Å²) in [5.41, 5.74) is 9.93. The first-order valence-electron chi connectivity index (χ1n) is 7.08. The number of para-hydroxylation sites is 1. The maximum atomic E-state index is 13.0. The van der Waals surface area contributed by atoms with Crippen molar-refractivity contribution in [2.45, 2.75) is 18.9 Å². The standard InChI is InChI=1S/C17H19FN2/c18-15-9-7-13(8-10-15)16(19)12-20-11-3-5-14-4-1-2-6-17(14)20/h1-2,4,6-10,16H,3,5,11-12,19H2. The fraction of sp³-hybridized carbons (Fsp3) is 0.294. The number of benzene rings is 2. The van der Waals surface area contributed by atoms with Gasteiger partial charge in [0.25, 0.3) is 0 Å². The van der Waals surface area contributed by atoms with Crippen molar-refractivity contribution in [3.05, 3.63) is 65.5 Å². The lowest BCUT2D eigenvalue weighted by Crippen LogP contribution is -2.35. The van der Waals surface area contributed by atoms with Crippen LogP contribution in [0, 0.1) is 5.82 Å². The summed E-state index contributed by atoms with van der Waals surface area (Å²) < 4.78 is 13.0. The summed E-state index contributed by atoms with van der Waals surface area (Å²) in [6.45, 7) is 1.80. The molecule has 2 N–H and O–H groups in total. The molecule has 1 unspecified atom stereocenters. The number of nitrogens with two attached hydrogens (primary N) is 1. The van der Waals surface area contributed by atoms with E-state index in [4.69, 9.17) is 5.73 Å². The van der Waals surface area contributed by atoms with E-state index >= 15 is 0 Å². The Kier molecular flexibility index (Phi) is 3.70. The van der Waals surface area contributed by atoms with Crippen molar-refractivity contribution in [2.24, 2.45) is 5.73 Å². The van der Waals surface area contributed by atoms with Crippen molar-refractivity contribution in [3.8, 4) is 0 Å². The van der Waals surface area contributed by atoms with Crippen molar-refractivity contribution < 1.29 is 4.39 Å². The molecule has 104 valence electrons. The number of hydrogen-bond donors (Lipinski definition) is 1. The van der Waals surface area contributed by atoms with Gasteiger partial charge in [-0.2, -0.15) is 0 Å². The fourth-order valence-corrected chi connectivity index (χ4v) is 2.85. The van der Waals surface area contributed by atoms with Crippen LogP contribution in [0.4, 0.5) is 10.1 Å². The summed E-state index contributed by atoms with van der Waals surface area (Å²) in [5, 5.41) is 0. The van der Waals surface area contributed by atoms with Crippen molar-refractivity contribution in [1.29, 1.82) is 0 Å². The van der Waals surface area contributed by atoms with Gasteiger partial charge in [-0.15, -0.1) is 0 Å². The molecular weight excluding hydrogens is 251 g/mol. The first-order valence-corrected chi connectivity index (χ1v) is 7.08. The van der Waals surface area contributed by atoms with Gasteiger partial charge in [0.1, 0.15) is 5.82 Å². The minimum Gasteiger partial charge on any atom is -0.369 e. The Hall–Kier alpha value is -1.87. The second-order valence-corrected chi connectivity index (χ2v) is 5.34. The highest BCUT2D eigenvalue weighted by atomic mass is 19.1. The first-order chi connectivity index (χ1) is 9.74. The molecule has 20 heavy (non-hydrogen) atoms. The van der Waals surface area contributed by atoms with Crippen LogP contribution in [0.1, 0.15) is 23.6 Å². The van der Waals surface area contributed by atoms with Gasteiger partial charge in [-0.05, 0) is 42.2 Å². The molecule has 2 aromatic carbocycles. The summed E-state index contributed by atoms with van der Waals surface area (Å²) in [4.78, 5) is 2.34. The number of nitrogens with zero attached hydrogens (tertiary/aromatic N) is 1. The summed E-state index contributed by atoms with van der Waals surface area (Å²) in [6, 6.07) is 14.9. The minimum atomic E-state index is -0.218. The van der Waals surface area contributed by atoms with Gasteiger partial charge >= 0.3 is 0 Å². The highest BCUT2D eigenvalue weighted by molar-refractivity contribution is 5.55. The van der Waals surface area contributed by atoms with Crippen LogP contribution < -0.4 is 10.6 Å². The van der Waals surface area contributed by atoms with Gasteiger partial charge in [-0.3, -0.25) is 0 Å². The molecular formula is C17H19FN2. The van der Waals surface area contributed by atoms with E-state index in [9.17, 15) is 4.39 Å². The molecule has 0 fully saturated rings. The molecule has 0 saturated carbocycles. The zero-order valence-electron chi connectivity index (χ0n) is 11.4. The van der Waals surface area contributed by atoms with Crippen molar-refractivity contribution >= 4 is 5.69 Å². The third kappa shape index (κ3) is 2.68. The number of halogens is 1. The Balaban J connectivity index is 1.77. The van der Waals surface area contributed by atoms with Crippen molar-refractivity contribution in [1.82, 2.24) is 0 Å². The number of aryl methyl sites for hydroxylation is 1. The van der Waals surface area contributed by atoms with Gasteiger partial charge in [0.2, 0.25) is 0 Å². The zero-order chi connectivity index (χ0) is 13.9. The van der Waals surface area contributed by atoms with Gasteiger partial charge in [-0.1, -0.05) is 30.3 Å². The van der Waals surface area contributed by atoms with Crippen LogP contribution in [0.25, 0.3) is 0 Å². The molecule has 0 saturated heterocycles. The molecule has 2 nitrogen and oxygen atoms in total. The lowest BCUT2D eigenvalue weighted by molar-refractivity contribution is 0.614. The topological polar surface area (TPSA) is 29.3 Å². The molecule has 0 aliphatic carbocycles. The van der Waals surface area contributed by atoms with Crippen LogP contribution in [-0.4, -0.2) is 13.1 Å². The second-order valence-electron chi connectivity index (χ2n) is 5.34. The second kappa shape index (κ2) is 5.63. The molecule has 3 rings (SSSR count). The van der Waals surface area contributed by atoms with E-state index in [0.717, 1.165) is 31.5 Å². The first kappa shape index (κ1) is 13.1. The molecule has 3 heteroatoms. The molecule has 1 atom stereocenters. The summed E-state index contributed by atoms with van der Waals surface area (Å²) >= 11 is 0. The van der Waals surface area contributed by atoms with Crippen LogP contribution in [-0.2, 0) is 6.42 Å². The van der Waals surface area contributed by atoms with E-state index in [1.165, 1.54) is 23.4 Å². The Morgan fingerprint density at radius 2 is 1.85 bits per heavy atom. The van der Waals surface area contributed by atoms with Gasteiger partial charge in [0.15, 0.2) is 0 Å². The minimum absolute atomic E-state index is 0.0956. The normalized spacial score (nSPS) is 15.8. The van der Waals surface area contributed by atoms with E-state index in [0.29, 0.717) is 0 Å². The number of hydrogen-bond acceptors (Lipinski definition) is 2. The third-order valence-electron chi connectivity index (χ3n) is 3.92. The third-order valence-corrected chi connectivity index (χ3v) is 3.92. The zero-order valence-corrected chi connectivity index (χ0v) is 11.4. The molecule has 0 bridgehead atoms. The van der Waals surface area contributed by atoms with E-state index in [2.05, 4.69) is 29.2 Å². The Labute approximate surface area is 119 Å². The van der Waals surface area contributed by atoms with Gasteiger partial charge in [-0.25, -0.2) is 4.39 Å². The number of fused-ring (bicyclic) bond motifs is 1. The lowest BCUT2D eigenvalue weighted by Gasteiger charge is -2.33. The highest BCUT2D eigenvalue weighted by Gasteiger charge is 2.18. The van der Waals surface area contributed by atoms with E-state index in [1.54, 1.807) is 12.1 Å². The van der Waals surface area contributed by atoms with Gasteiger partial charge in [0, 0.05) is 24.8 Å². The lowest BCUT2D eigenvalue weighted by atomic mass is 10.00. The van der Waals surface area contributed by atoms with Gasteiger partial charge in [0.05, 0.1) is 0 Å². The maximum Gasteiger partial charge on any atom is 0.123 e. The maximum absolute atomic E-state index is 13.0. The van der Waals surface area contributed by atoms with Gasteiger partial charge < -0.3 is 10.6 Å². The Morgan fingerprint density at radius 1 is 1.10 bits per heavy atom. The predicted octanol–water partition coefficient (Wildman–Crippen LogP) is 3.28. The largest absolute Gasteiger partial charge is 0.369 e. The van der Waals surface area contributed by atoms with Crippen LogP contribution in [0.2, 0.25) is 0 Å². The fourth-order valence-electron chi connectivity index (χ4n) is 2.85. The summed E-state index contributed by atoms with van der Waals surface area (Å²) in [5.74, 6) is -0.218. The molecule has 2 aromatic rings. The quantitative estimate of drug-likeness (QED) is 0.927. The monoisotopic (exact) mass is 270 g/mol. The van der Waals surface area contributed by atoms with E-state index in [1.807, 2.05) is 0 Å². The SMILES string of the molecule is NC(CN1CCCc2ccccc21)c1ccc(F)cc1. The molecule has 0 spiro atoms. The van der Waals surface area contributed by atoms with Crippen LogP contribution in [0.3, 0.4) is 0 Å². The molecule has 0 aromatic heterocycles. The smallest absolute Gasteiger partial charge is 0.123 e. The highest BCUT2D eigenvalue weighted by Crippen LogP contribution is 2.28. The summed E-state index contributed by atoms with van der Waals surface area (Å²) in [7, 11) is 0.